The molecule has 1 aromatic heterocycles. The van der Waals surface area contributed by atoms with Crippen molar-refractivity contribution in [3.05, 3.63) is 9.47 Å². The fourth-order valence-electron chi connectivity index (χ4n) is 1.66. The standard InChI is InChI=1S/C7H9Br2N3/c8-6-10-7(9)12(11-6)5-3-1-2-4-5/h5H,1-4H2. The summed E-state index contributed by atoms with van der Waals surface area (Å²) in [7, 11) is 0. The first-order chi connectivity index (χ1) is 5.77. The van der Waals surface area contributed by atoms with E-state index in [2.05, 4.69) is 41.9 Å². The topological polar surface area (TPSA) is 30.7 Å². The third kappa shape index (κ3) is 1.57. The van der Waals surface area contributed by atoms with Crippen LogP contribution in [0.5, 0.6) is 0 Å². The van der Waals surface area contributed by atoms with Gasteiger partial charge in [0.05, 0.1) is 6.04 Å². The maximum Gasteiger partial charge on any atom is 0.218 e. The smallest absolute Gasteiger partial charge is 0.218 e. The van der Waals surface area contributed by atoms with E-state index in [4.69, 9.17) is 0 Å². The monoisotopic (exact) mass is 293 g/mol. The molecule has 1 aromatic rings. The molecule has 0 spiro atoms. The molecule has 1 heterocycles. The lowest BCUT2D eigenvalue weighted by Gasteiger charge is -2.08. The predicted molar refractivity (Wildman–Crippen MR) is 52.9 cm³/mol. The second kappa shape index (κ2) is 3.46. The number of hydrogen-bond donors (Lipinski definition) is 0. The zero-order chi connectivity index (χ0) is 8.55. The van der Waals surface area contributed by atoms with Crippen LogP contribution in [0.3, 0.4) is 0 Å². The van der Waals surface area contributed by atoms with E-state index in [0.717, 1.165) is 4.73 Å². The van der Waals surface area contributed by atoms with E-state index in [0.29, 0.717) is 10.8 Å². The molecule has 0 aliphatic heterocycles. The van der Waals surface area contributed by atoms with E-state index in [9.17, 15) is 0 Å². The Hall–Kier alpha value is 0.1000. The lowest BCUT2D eigenvalue weighted by atomic mass is 10.3. The van der Waals surface area contributed by atoms with Gasteiger partial charge in [0.1, 0.15) is 0 Å². The van der Waals surface area contributed by atoms with Crippen LogP contribution in [0.4, 0.5) is 0 Å². The van der Waals surface area contributed by atoms with Gasteiger partial charge in [-0.15, -0.1) is 5.10 Å². The molecule has 0 saturated heterocycles. The Kier molecular flexibility index (Phi) is 2.50. The summed E-state index contributed by atoms with van der Waals surface area (Å²) in [6.45, 7) is 0. The highest BCUT2D eigenvalue weighted by Crippen LogP contribution is 2.31. The Morgan fingerprint density at radius 3 is 2.42 bits per heavy atom. The molecule has 0 N–H and O–H groups in total. The number of hydrogen-bond acceptors (Lipinski definition) is 2. The Labute approximate surface area is 87.8 Å². The molecule has 1 aliphatic carbocycles. The molecule has 0 amide bonds. The average Bonchev–Trinajstić information content (AvgIpc) is 2.58. The van der Waals surface area contributed by atoms with Gasteiger partial charge < -0.3 is 0 Å². The number of halogens is 2. The minimum Gasteiger partial charge on any atom is -0.236 e. The van der Waals surface area contributed by atoms with Crippen molar-refractivity contribution < 1.29 is 0 Å². The number of nitrogens with zero attached hydrogens (tertiary/aromatic N) is 3. The van der Waals surface area contributed by atoms with E-state index >= 15 is 0 Å². The lowest BCUT2D eigenvalue weighted by Crippen LogP contribution is -2.06. The number of rotatable bonds is 1. The number of aromatic nitrogens is 3. The van der Waals surface area contributed by atoms with E-state index in [1.165, 1.54) is 25.7 Å². The SMILES string of the molecule is Brc1nc(Br)n(C2CCCC2)n1. The maximum atomic E-state index is 4.27. The molecule has 1 aliphatic rings. The van der Waals surface area contributed by atoms with E-state index in [-0.39, 0.29) is 0 Å². The van der Waals surface area contributed by atoms with Gasteiger partial charge in [0.15, 0.2) is 4.73 Å². The van der Waals surface area contributed by atoms with Crippen molar-refractivity contribution in [3.8, 4) is 0 Å². The van der Waals surface area contributed by atoms with Crippen LogP contribution in [-0.2, 0) is 0 Å². The van der Waals surface area contributed by atoms with Crippen LogP contribution in [0.1, 0.15) is 31.7 Å². The van der Waals surface area contributed by atoms with Crippen molar-refractivity contribution in [3.63, 3.8) is 0 Å². The highest BCUT2D eigenvalue weighted by molar-refractivity contribution is 9.11. The summed E-state index contributed by atoms with van der Waals surface area (Å²) in [5.74, 6) is 0. The zero-order valence-electron chi connectivity index (χ0n) is 6.50. The molecule has 3 nitrogen and oxygen atoms in total. The van der Waals surface area contributed by atoms with Crippen molar-refractivity contribution in [1.82, 2.24) is 14.8 Å². The molecule has 1 saturated carbocycles. The lowest BCUT2D eigenvalue weighted by molar-refractivity contribution is 0.455. The van der Waals surface area contributed by atoms with Crippen molar-refractivity contribution in [1.29, 1.82) is 0 Å². The summed E-state index contributed by atoms with van der Waals surface area (Å²) in [5.41, 5.74) is 0. The first kappa shape index (κ1) is 8.69. The van der Waals surface area contributed by atoms with Crippen molar-refractivity contribution in [2.75, 3.05) is 0 Å². The van der Waals surface area contributed by atoms with E-state index in [1.54, 1.807) is 0 Å². The van der Waals surface area contributed by atoms with Gasteiger partial charge in [0.25, 0.3) is 0 Å². The minimum absolute atomic E-state index is 0.554. The molecule has 5 heteroatoms. The molecular weight excluding hydrogens is 286 g/mol. The molecular formula is C7H9Br2N3. The molecule has 0 radical (unpaired) electrons. The van der Waals surface area contributed by atoms with Gasteiger partial charge in [-0.05, 0) is 44.7 Å². The van der Waals surface area contributed by atoms with Gasteiger partial charge in [-0.2, -0.15) is 4.98 Å². The first-order valence-electron chi connectivity index (χ1n) is 4.05. The van der Waals surface area contributed by atoms with Crippen LogP contribution < -0.4 is 0 Å². The van der Waals surface area contributed by atoms with Gasteiger partial charge in [-0.1, -0.05) is 12.8 Å². The van der Waals surface area contributed by atoms with Gasteiger partial charge in [0.2, 0.25) is 4.73 Å². The van der Waals surface area contributed by atoms with Crippen LogP contribution in [0.25, 0.3) is 0 Å². The second-order valence-electron chi connectivity index (χ2n) is 3.03. The molecule has 12 heavy (non-hydrogen) atoms. The molecule has 66 valence electrons. The summed E-state index contributed by atoms with van der Waals surface area (Å²) < 4.78 is 3.47. The van der Waals surface area contributed by atoms with Crippen molar-refractivity contribution in [2.24, 2.45) is 0 Å². The largest absolute Gasteiger partial charge is 0.236 e. The normalized spacial score (nSPS) is 18.8. The predicted octanol–water partition coefficient (Wildman–Crippen LogP) is 2.92. The summed E-state index contributed by atoms with van der Waals surface area (Å²) in [4.78, 5) is 4.14. The molecule has 1 fully saturated rings. The van der Waals surface area contributed by atoms with Gasteiger partial charge in [-0.25, -0.2) is 4.68 Å². The molecule has 0 aromatic carbocycles. The molecule has 0 atom stereocenters. The van der Waals surface area contributed by atoms with Crippen LogP contribution in [0.2, 0.25) is 0 Å². The Morgan fingerprint density at radius 1 is 1.25 bits per heavy atom. The Morgan fingerprint density at radius 2 is 1.92 bits per heavy atom. The van der Waals surface area contributed by atoms with Gasteiger partial charge in [0, 0.05) is 0 Å². The quantitative estimate of drug-likeness (QED) is 0.797. The van der Waals surface area contributed by atoms with Crippen LogP contribution in [-0.4, -0.2) is 14.8 Å². The third-order valence-electron chi connectivity index (χ3n) is 2.23. The highest BCUT2D eigenvalue weighted by atomic mass is 79.9. The highest BCUT2D eigenvalue weighted by Gasteiger charge is 2.20. The Bertz CT molecular complexity index is 278. The third-order valence-corrected chi connectivity index (χ3v) is 3.11. The van der Waals surface area contributed by atoms with E-state index in [1.807, 2.05) is 4.68 Å². The summed E-state index contributed by atoms with van der Waals surface area (Å²) in [6.07, 6.45) is 5.09. The average molecular weight is 295 g/mol. The Balaban J connectivity index is 2.25. The fourth-order valence-corrected chi connectivity index (χ4v) is 2.77. The summed E-state index contributed by atoms with van der Waals surface area (Å²) in [5, 5.41) is 4.27. The summed E-state index contributed by atoms with van der Waals surface area (Å²) in [6, 6.07) is 0.554. The molecule has 0 unspecified atom stereocenters. The van der Waals surface area contributed by atoms with E-state index < -0.39 is 0 Å². The summed E-state index contributed by atoms with van der Waals surface area (Å²) >= 11 is 6.64. The second-order valence-corrected chi connectivity index (χ2v) is 4.45. The van der Waals surface area contributed by atoms with Crippen LogP contribution in [0.15, 0.2) is 9.47 Å². The molecule has 2 rings (SSSR count). The minimum atomic E-state index is 0.554. The van der Waals surface area contributed by atoms with Gasteiger partial charge in [-0.3, -0.25) is 0 Å². The van der Waals surface area contributed by atoms with Gasteiger partial charge >= 0.3 is 0 Å². The van der Waals surface area contributed by atoms with Crippen LogP contribution >= 0.6 is 31.9 Å². The molecule has 0 bridgehead atoms. The van der Waals surface area contributed by atoms with Crippen molar-refractivity contribution in [2.45, 2.75) is 31.7 Å². The zero-order valence-corrected chi connectivity index (χ0v) is 9.68. The van der Waals surface area contributed by atoms with Crippen molar-refractivity contribution >= 4 is 31.9 Å². The fraction of sp³-hybridized carbons (Fsp3) is 0.714. The van der Waals surface area contributed by atoms with Crippen LogP contribution in [0, 0.1) is 0 Å². The first-order valence-corrected chi connectivity index (χ1v) is 5.63. The maximum absolute atomic E-state index is 4.27.